The van der Waals surface area contributed by atoms with E-state index in [1.807, 2.05) is 30.0 Å². The standard InChI is InChI=1S/C20H19ClN2OS2/c1-3-25-18-10-4-14(5-11-18)12-15-13-26-20(23(2)19(15)24)22-17-8-6-16(21)7-9-17/h4-12H,3,13H2,1-2H3/b15-12+,22-20?. The molecule has 26 heavy (non-hydrogen) atoms. The molecule has 3 rings (SSSR count). The van der Waals surface area contributed by atoms with Crippen molar-refractivity contribution in [3.63, 3.8) is 0 Å². The Labute approximate surface area is 167 Å². The monoisotopic (exact) mass is 402 g/mol. The van der Waals surface area contributed by atoms with Gasteiger partial charge in [-0.15, -0.1) is 11.8 Å². The summed E-state index contributed by atoms with van der Waals surface area (Å²) in [6, 6.07) is 15.6. The van der Waals surface area contributed by atoms with Crippen molar-refractivity contribution >= 4 is 58.0 Å². The molecule has 134 valence electrons. The molecule has 0 aromatic heterocycles. The van der Waals surface area contributed by atoms with Crippen molar-refractivity contribution in [2.24, 2.45) is 4.99 Å². The predicted molar refractivity (Wildman–Crippen MR) is 115 cm³/mol. The topological polar surface area (TPSA) is 32.7 Å². The van der Waals surface area contributed by atoms with E-state index in [0.29, 0.717) is 15.9 Å². The Kier molecular flexibility index (Phi) is 6.46. The number of halogens is 1. The summed E-state index contributed by atoms with van der Waals surface area (Å²) in [5.74, 6) is 1.65. The number of hydrogen-bond acceptors (Lipinski definition) is 4. The van der Waals surface area contributed by atoms with Gasteiger partial charge in [-0.25, -0.2) is 4.99 Å². The van der Waals surface area contributed by atoms with E-state index in [0.717, 1.165) is 22.6 Å². The van der Waals surface area contributed by atoms with E-state index in [1.54, 1.807) is 35.8 Å². The molecule has 2 aromatic rings. The van der Waals surface area contributed by atoms with Gasteiger partial charge in [0.1, 0.15) is 0 Å². The molecule has 1 amide bonds. The third-order valence-corrected chi connectivity index (χ3v) is 6.03. The van der Waals surface area contributed by atoms with E-state index in [2.05, 4.69) is 36.2 Å². The first-order valence-corrected chi connectivity index (χ1v) is 10.6. The molecule has 1 saturated heterocycles. The Morgan fingerprint density at radius 3 is 2.54 bits per heavy atom. The maximum atomic E-state index is 12.7. The number of carbonyl (C=O) groups excluding carboxylic acids is 1. The second-order valence-electron chi connectivity index (χ2n) is 5.70. The van der Waals surface area contributed by atoms with Gasteiger partial charge in [-0.05, 0) is 53.8 Å². The zero-order valence-corrected chi connectivity index (χ0v) is 17.0. The molecule has 0 saturated carbocycles. The van der Waals surface area contributed by atoms with Gasteiger partial charge in [0.05, 0.1) is 5.69 Å². The number of rotatable bonds is 4. The average Bonchev–Trinajstić information content (AvgIpc) is 2.65. The minimum atomic E-state index is -0.0107. The van der Waals surface area contributed by atoms with Crippen molar-refractivity contribution < 1.29 is 4.79 Å². The molecule has 1 aliphatic heterocycles. The van der Waals surface area contributed by atoms with Crippen LogP contribution in [0.3, 0.4) is 0 Å². The van der Waals surface area contributed by atoms with Gasteiger partial charge < -0.3 is 0 Å². The van der Waals surface area contributed by atoms with Crippen LogP contribution in [0.4, 0.5) is 5.69 Å². The summed E-state index contributed by atoms with van der Waals surface area (Å²) in [4.78, 5) is 20.1. The summed E-state index contributed by atoms with van der Waals surface area (Å²) in [6.45, 7) is 2.14. The summed E-state index contributed by atoms with van der Waals surface area (Å²) in [5.41, 5.74) is 2.61. The number of amides is 1. The second-order valence-corrected chi connectivity index (χ2v) is 8.41. The molecule has 0 bridgehead atoms. The predicted octanol–water partition coefficient (Wildman–Crippen LogP) is 5.73. The fraction of sp³-hybridized carbons (Fsp3) is 0.200. The number of nitrogens with zero attached hydrogens (tertiary/aromatic N) is 2. The van der Waals surface area contributed by atoms with Crippen LogP contribution in [0.5, 0.6) is 0 Å². The van der Waals surface area contributed by atoms with Crippen LogP contribution in [0, 0.1) is 0 Å². The summed E-state index contributed by atoms with van der Waals surface area (Å²) >= 11 is 9.27. The summed E-state index contributed by atoms with van der Waals surface area (Å²) in [6.07, 6.45) is 1.96. The van der Waals surface area contributed by atoms with E-state index in [1.165, 1.54) is 4.90 Å². The van der Waals surface area contributed by atoms with Crippen LogP contribution in [0.1, 0.15) is 12.5 Å². The zero-order valence-electron chi connectivity index (χ0n) is 14.6. The Bertz CT molecular complexity index is 845. The van der Waals surface area contributed by atoms with Crippen molar-refractivity contribution in [1.82, 2.24) is 4.90 Å². The Morgan fingerprint density at radius 2 is 1.88 bits per heavy atom. The highest BCUT2D eigenvalue weighted by Crippen LogP contribution is 2.27. The van der Waals surface area contributed by atoms with Crippen LogP contribution in [-0.4, -0.2) is 34.5 Å². The highest BCUT2D eigenvalue weighted by Gasteiger charge is 2.26. The van der Waals surface area contributed by atoms with Gasteiger partial charge in [-0.1, -0.05) is 42.4 Å². The minimum Gasteiger partial charge on any atom is -0.291 e. The SMILES string of the molecule is CCSc1ccc(/C=C2\CSC(=Nc3ccc(Cl)cc3)N(C)C2=O)cc1. The third-order valence-electron chi connectivity index (χ3n) is 3.81. The van der Waals surface area contributed by atoms with Crippen LogP contribution in [-0.2, 0) is 4.79 Å². The number of amidine groups is 1. The van der Waals surface area contributed by atoms with Crippen molar-refractivity contribution in [1.29, 1.82) is 0 Å². The number of thioether (sulfide) groups is 2. The van der Waals surface area contributed by atoms with Crippen molar-refractivity contribution in [2.45, 2.75) is 11.8 Å². The number of carbonyl (C=O) groups is 1. The highest BCUT2D eigenvalue weighted by atomic mass is 35.5. The molecule has 6 heteroatoms. The quantitative estimate of drug-likeness (QED) is 0.483. The van der Waals surface area contributed by atoms with Gasteiger partial charge in [-0.3, -0.25) is 9.69 Å². The molecule has 1 fully saturated rings. The van der Waals surface area contributed by atoms with Crippen LogP contribution < -0.4 is 0 Å². The van der Waals surface area contributed by atoms with E-state index in [9.17, 15) is 4.79 Å². The van der Waals surface area contributed by atoms with Crippen LogP contribution in [0.25, 0.3) is 6.08 Å². The van der Waals surface area contributed by atoms with Crippen LogP contribution in [0.2, 0.25) is 5.02 Å². The van der Waals surface area contributed by atoms with Gasteiger partial charge in [0, 0.05) is 28.3 Å². The molecule has 0 spiro atoms. The van der Waals surface area contributed by atoms with Gasteiger partial charge >= 0.3 is 0 Å². The Balaban J connectivity index is 1.75. The molecule has 1 heterocycles. The lowest BCUT2D eigenvalue weighted by atomic mass is 10.1. The van der Waals surface area contributed by atoms with Crippen molar-refractivity contribution in [3.8, 4) is 0 Å². The number of likely N-dealkylation sites (N-methyl/N-ethyl adjacent to an activating group) is 1. The number of benzene rings is 2. The lowest BCUT2D eigenvalue weighted by Crippen LogP contribution is -2.37. The highest BCUT2D eigenvalue weighted by molar-refractivity contribution is 8.14. The zero-order chi connectivity index (χ0) is 18.5. The molecular formula is C20H19ClN2OS2. The first kappa shape index (κ1) is 19.1. The Hall–Kier alpha value is -1.69. The maximum Gasteiger partial charge on any atom is 0.256 e. The fourth-order valence-electron chi connectivity index (χ4n) is 2.47. The van der Waals surface area contributed by atoms with E-state index in [-0.39, 0.29) is 5.91 Å². The number of hydrogen-bond donors (Lipinski definition) is 0. The molecule has 2 aromatic carbocycles. The summed E-state index contributed by atoms with van der Waals surface area (Å²) in [5, 5.41) is 1.37. The van der Waals surface area contributed by atoms with Gasteiger partial charge in [-0.2, -0.15) is 0 Å². The second kappa shape index (κ2) is 8.80. The van der Waals surface area contributed by atoms with E-state index < -0.39 is 0 Å². The average molecular weight is 403 g/mol. The maximum absolute atomic E-state index is 12.7. The normalized spacial score (nSPS) is 18.0. The molecular weight excluding hydrogens is 384 g/mol. The van der Waals surface area contributed by atoms with Crippen molar-refractivity contribution in [2.75, 3.05) is 18.6 Å². The molecule has 0 aliphatic carbocycles. The third kappa shape index (κ3) is 4.72. The van der Waals surface area contributed by atoms with Gasteiger partial charge in [0.25, 0.3) is 5.91 Å². The van der Waals surface area contributed by atoms with Gasteiger partial charge in [0.15, 0.2) is 5.17 Å². The molecule has 0 atom stereocenters. The smallest absolute Gasteiger partial charge is 0.256 e. The van der Waals surface area contributed by atoms with E-state index in [4.69, 9.17) is 11.6 Å². The van der Waals surface area contributed by atoms with Crippen LogP contribution >= 0.6 is 35.1 Å². The fourth-order valence-corrected chi connectivity index (χ4v) is 4.19. The molecule has 0 unspecified atom stereocenters. The first-order chi connectivity index (χ1) is 12.6. The number of aliphatic imine (C=N–C) groups is 1. The molecule has 1 aliphatic rings. The molecule has 0 radical (unpaired) electrons. The summed E-state index contributed by atoms with van der Waals surface area (Å²) in [7, 11) is 1.76. The molecule has 0 N–H and O–H groups in total. The summed E-state index contributed by atoms with van der Waals surface area (Å²) < 4.78 is 0. The first-order valence-electron chi connectivity index (χ1n) is 8.25. The largest absolute Gasteiger partial charge is 0.291 e. The lowest BCUT2D eigenvalue weighted by Gasteiger charge is -2.25. The lowest BCUT2D eigenvalue weighted by molar-refractivity contribution is -0.122. The van der Waals surface area contributed by atoms with Crippen LogP contribution in [0.15, 0.2) is 64.0 Å². The Morgan fingerprint density at radius 1 is 1.19 bits per heavy atom. The van der Waals surface area contributed by atoms with E-state index >= 15 is 0 Å². The van der Waals surface area contributed by atoms with Crippen molar-refractivity contribution in [3.05, 3.63) is 64.7 Å². The molecule has 3 nitrogen and oxygen atoms in total. The van der Waals surface area contributed by atoms with Gasteiger partial charge in [0.2, 0.25) is 0 Å². The minimum absolute atomic E-state index is 0.0107.